The molecule has 0 unspecified atom stereocenters. The van der Waals surface area contributed by atoms with Crippen molar-refractivity contribution in [1.82, 2.24) is 10.2 Å². The van der Waals surface area contributed by atoms with Crippen molar-refractivity contribution in [3.05, 3.63) is 29.8 Å². The zero-order valence-electron chi connectivity index (χ0n) is 13.0. The maximum absolute atomic E-state index is 11.9. The van der Waals surface area contributed by atoms with E-state index in [0.29, 0.717) is 17.9 Å². The van der Waals surface area contributed by atoms with Crippen molar-refractivity contribution >= 4 is 11.9 Å². The molecule has 0 aliphatic heterocycles. The second-order valence-electron chi connectivity index (χ2n) is 4.75. The molecule has 0 saturated heterocycles. The Hall–Kier alpha value is -1.88. The topological polar surface area (TPSA) is 58.6 Å². The van der Waals surface area contributed by atoms with Crippen LogP contribution in [0, 0.1) is 0 Å². The molecule has 0 aliphatic rings. The fourth-order valence-corrected chi connectivity index (χ4v) is 1.99. The maximum Gasteiger partial charge on any atom is 0.308 e. The van der Waals surface area contributed by atoms with Gasteiger partial charge in [0, 0.05) is 19.0 Å². The van der Waals surface area contributed by atoms with Gasteiger partial charge in [0.2, 0.25) is 0 Å². The molecule has 0 atom stereocenters. The lowest BCUT2D eigenvalue weighted by Crippen LogP contribution is -2.29. The highest BCUT2D eigenvalue weighted by Gasteiger charge is 2.06. The lowest BCUT2D eigenvalue weighted by atomic mass is 10.2. The molecule has 0 heterocycles. The first-order valence-electron chi connectivity index (χ1n) is 7.35. The number of benzene rings is 1. The van der Waals surface area contributed by atoms with Crippen LogP contribution in [0.1, 0.15) is 37.6 Å². The molecule has 5 nitrogen and oxygen atoms in total. The second-order valence-corrected chi connectivity index (χ2v) is 4.75. The van der Waals surface area contributed by atoms with Gasteiger partial charge in [-0.05, 0) is 50.3 Å². The fraction of sp³-hybridized carbons (Fsp3) is 0.500. The molecule has 0 radical (unpaired) electrons. The number of carbonyl (C=O) groups excluding carboxylic acids is 2. The Kier molecular flexibility index (Phi) is 7.46. The number of amides is 1. The molecule has 0 aromatic heterocycles. The summed E-state index contributed by atoms with van der Waals surface area (Å²) in [6, 6.07) is 6.54. The number of ether oxygens (including phenoxy) is 1. The number of nitrogens with one attached hydrogen (secondary N) is 1. The summed E-state index contributed by atoms with van der Waals surface area (Å²) in [6.45, 7) is 9.31. The number of esters is 1. The fourth-order valence-electron chi connectivity index (χ4n) is 1.99. The molecule has 116 valence electrons. The van der Waals surface area contributed by atoms with Gasteiger partial charge < -0.3 is 15.0 Å². The van der Waals surface area contributed by atoms with Crippen LogP contribution in [0.4, 0.5) is 0 Å². The monoisotopic (exact) mass is 292 g/mol. The standard InChI is InChI=1S/C16H24N2O3/c1-4-18(5-2)12-6-11-17-16(20)14-7-9-15(10-8-14)21-13(3)19/h7-10H,4-6,11-12H2,1-3H3,(H,17,20). The molecule has 0 spiro atoms. The average Bonchev–Trinajstić information content (AvgIpc) is 2.47. The van der Waals surface area contributed by atoms with E-state index in [9.17, 15) is 9.59 Å². The minimum absolute atomic E-state index is 0.107. The lowest BCUT2D eigenvalue weighted by Gasteiger charge is -2.17. The molecule has 0 fully saturated rings. The second kappa shape index (κ2) is 9.13. The number of nitrogens with zero attached hydrogens (tertiary/aromatic N) is 1. The predicted octanol–water partition coefficient (Wildman–Crippen LogP) is 2.07. The summed E-state index contributed by atoms with van der Waals surface area (Å²) in [6.07, 6.45) is 0.930. The van der Waals surface area contributed by atoms with Gasteiger partial charge in [0.25, 0.3) is 5.91 Å². The number of hydrogen-bond acceptors (Lipinski definition) is 4. The molecule has 1 aromatic rings. The van der Waals surface area contributed by atoms with E-state index < -0.39 is 0 Å². The van der Waals surface area contributed by atoms with Crippen molar-refractivity contribution in [1.29, 1.82) is 0 Å². The number of hydrogen-bond donors (Lipinski definition) is 1. The van der Waals surface area contributed by atoms with Crippen molar-refractivity contribution in [2.75, 3.05) is 26.2 Å². The smallest absolute Gasteiger partial charge is 0.308 e. The summed E-state index contributed by atoms with van der Waals surface area (Å²) < 4.78 is 4.92. The zero-order chi connectivity index (χ0) is 15.7. The maximum atomic E-state index is 11.9. The molecule has 0 bridgehead atoms. The Labute approximate surface area is 126 Å². The molecule has 0 saturated carbocycles. The first-order chi connectivity index (χ1) is 10.1. The normalized spacial score (nSPS) is 10.5. The first kappa shape index (κ1) is 17.2. The van der Waals surface area contributed by atoms with Gasteiger partial charge in [-0.3, -0.25) is 9.59 Å². The lowest BCUT2D eigenvalue weighted by molar-refractivity contribution is -0.131. The summed E-state index contributed by atoms with van der Waals surface area (Å²) in [7, 11) is 0. The van der Waals surface area contributed by atoms with Crippen molar-refractivity contribution < 1.29 is 14.3 Å². The van der Waals surface area contributed by atoms with Crippen LogP contribution in [0.5, 0.6) is 5.75 Å². The van der Waals surface area contributed by atoms with E-state index in [0.717, 1.165) is 26.1 Å². The number of carbonyl (C=O) groups is 2. The number of rotatable bonds is 8. The van der Waals surface area contributed by atoms with Gasteiger partial charge in [0.1, 0.15) is 5.75 Å². The molecular formula is C16H24N2O3. The van der Waals surface area contributed by atoms with Gasteiger partial charge in [-0.15, -0.1) is 0 Å². The summed E-state index contributed by atoms with van der Waals surface area (Å²) in [5.41, 5.74) is 0.564. The predicted molar refractivity (Wildman–Crippen MR) is 82.5 cm³/mol. The summed E-state index contributed by atoms with van der Waals surface area (Å²) in [5.74, 6) is -0.0342. The summed E-state index contributed by atoms with van der Waals surface area (Å²) in [5, 5.41) is 2.89. The Bertz CT molecular complexity index is 453. The molecule has 1 amide bonds. The van der Waals surface area contributed by atoms with Crippen molar-refractivity contribution in [2.24, 2.45) is 0 Å². The summed E-state index contributed by atoms with van der Waals surface area (Å²) >= 11 is 0. The molecule has 1 aromatic carbocycles. The molecule has 21 heavy (non-hydrogen) atoms. The Morgan fingerprint density at radius 2 is 1.76 bits per heavy atom. The molecule has 1 N–H and O–H groups in total. The van der Waals surface area contributed by atoms with E-state index in [1.165, 1.54) is 6.92 Å². The van der Waals surface area contributed by atoms with Crippen LogP contribution in [-0.2, 0) is 4.79 Å². The van der Waals surface area contributed by atoms with E-state index >= 15 is 0 Å². The van der Waals surface area contributed by atoms with Crippen molar-refractivity contribution in [2.45, 2.75) is 27.2 Å². The Balaban J connectivity index is 2.36. The Morgan fingerprint density at radius 3 is 2.29 bits per heavy atom. The van der Waals surface area contributed by atoms with Gasteiger partial charge in [-0.25, -0.2) is 0 Å². The van der Waals surface area contributed by atoms with Gasteiger partial charge in [0.15, 0.2) is 0 Å². The van der Waals surface area contributed by atoms with E-state index in [1.54, 1.807) is 24.3 Å². The van der Waals surface area contributed by atoms with E-state index in [2.05, 4.69) is 24.1 Å². The van der Waals surface area contributed by atoms with E-state index in [4.69, 9.17) is 4.74 Å². The van der Waals surface area contributed by atoms with Crippen molar-refractivity contribution in [3.63, 3.8) is 0 Å². The van der Waals surface area contributed by atoms with Crippen LogP contribution in [0.15, 0.2) is 24.3 Å². The van der Waals surface area contributed by atoms with Gasteiger partial charge in [0.05, 0.1) is 0 Å². The molecule has 1 rings (SSSR count). The van der Waals surface area contributed by atoms with Crippen LogP contribution in [-0.4, -0.2) is 43.0 Å². The Morgan fingerprint density at radius 1 is 1.14 bits per heavy atom. The SMILES string of the molecule is CCN(CC)CCCNC(=O)c1ccc(OC(C)=O)cc1. The van der Waals surface area contributed by atoms with E-state index in [-0.39, 0.29) is 11.9 Å². The highest BCUT2D eigenvalue weighted by molar-refractivity contribution is 5.94. The third-order valence-electron chi connectivity index (χ3n) is 3.21. The van der Waals surface area contributed by atoms with Crippen LogP contribution in [0.25, 0.3) is 0 Å². The third kappa shape index (κ3) is 6.40. The average molecular weight is 292 g/mol. The molecule has 0 aliphatic carbocycles. The van der Waals surface area contributed by atoms with Crippen LogP contribution >= 0.6 is 0 Å². The molecule has 5 heteroatoms. The third-order valence-corrected chi connectivity index (χ3v) is 3.21. The van der Waals surface area contributed by atoms with Gasteiger partial charge in [-0.2, -0.15) is 0 Å². The quantitative estimate of drug-likeness (QED) is 0.453. The van der Waals surface area contributed by atoms with Gasteiger partial charge in [-0.1, -0.05) is 13.8 Å². The highest BCUT2D eigenvalue weighted by atomic mass is 16.5. The minimum Gasteiger partial charge on any atom is -0.427 e. The van der Waals surface area contributed by atoms with Crippen LogP contribution < -0.4 is 10.1 Å². The largest absolute Gasteiger partial charge is 0.427 e. The van der Waals surface area contributed by atoms with Crippen LogP contribution in [0.2, 0.25) is 0 Å². The minimum atomic E-state index is -0.372. The van der Waals surface area contributed by atoms with E-state index in [1.807, 2.05) is 0 Å². The first-order valence-corrected chi connectivity index (χ1v) is 7.35. The van der Waals surface area contributed by atoms with Crippen LogP contribution in [0.3, 0.4) is 0 Å². The van der Waals surface area contributed by atoms with Gasteiger partial charge >= 0.3 is 5.97 Å². The summed E-state index contributed by atoms with van der Waals surface area (Å²) in [4.78, 5) is 25.1. The van der Waals surface area contributed by atoms with Crippen molar-refractivity contribution in [3.8, 4) is 5.75 Å². The zero-order valence-corrected chi connectivity index (χ0v) is 13.0. The highest BCUT2D eigenvalue weighted by Crippen LogP contribution is 2.12. The molecular weight excluding hydrogens is 268 g/mol.